The third-order valence-corrected chi connectivity index (χ3v) is 6.19. The lowest BCUT2D eigenvalue weighted by Gasteiger charge is -2.10. The highest BCUT2D eigenvalue weighted by Crippen LogP contribution is 2.16. The number of nitrogens with one attached hydrogen (secondary N) is 2. The summed E-state index contributed by atoms with van der Waals surface area (Å²) in [6.45, 7) is 0.371. The van der Waals surface area contributed by atoms with Crippen LogP contribution in [-0.2, 0) is 30.0 Å². The van der Waals surface area contributed by atoms with Crippen molar-refractivity contribution in [3.8, 4) is 11.5 Å². The van der Waals surface area contributed by atoms with E-state index in [9.17, 15) is 13.2 Å². The van der Waals surface area contributed by atoms with Crippen molar-refractivity contribution in [2.24, 2.45) is 7.05 Å². The molecule has 3 aromatic heterocycles. The van der Waals surface area contributed by atoms with Crippen LogP contribution in [0.2, 0.25) is 0 Å². The molecule has 0 aliphatic rings. The van der Waals surface area contributed by atoms with E-state index in [2.05, 4.69) is 35.8 Å². The van der Waals surface area contributed by atoms with Crippen LogP contribution in [0.1, 0.15) is 21.9 Å². The minimum atomic E-state index is -3.45. The monoisotopic (exact) mass is 478 g/mol. The maximum atomic E-state index is 12.7. The fraction of sp³-hybridized carbons (Fsp3) is 0.182. The van der Waals surface area contributed by atoms with Crippen molar-refractivity contribution in [2.75, 3.05) is 11.6 Å². The predicted octanol–water partition coefficient (Wildman–Crippen LogP) is 1.61. The summed E-state index contributed by atoms with van der Waals surface area (Å²) < 4.78 is 25.7. The van der Waals surface area contributed by atoms with Gasteiger partial charge in [0.05, 0.1) is 23.7 Å². The molecule has 0 aliphatic heterocycles. The quantitative estimate of drug-likeness (QED) is 0.386. The number of rotatable bonds is 8. The van der Waals surface area contributed by atoms with E-state index in [0.717, 1.165) is 6.26 Å². The van der Waals surface area contributed by atoms with Crippen LogP contribution in [0.5, 0.6) is 0 Å². The highest BCUT2D eigenvalue weighted by atomic mass is 32.2. The molecule has 0 aliphatic carbocycles. The Balaban J connectivity index is 1.41. The molecule has 1 amide bonds. The molecule has 0 bridgehead atoms. The zero-order valence-electron chi connectivity index (χ0n) is 18.5. The number of hydrogen-bond donors (Lipinski definition) is 2. The summed E-state index contributed by atoms with van der Waals surface area (Å²) in [6.07, 6.45) is 5.69. The van der Waals surface area contributed by atoms with E-state index in [1.54, 1.807) is 36.5 Å². The van der Waals surface area contributed by atoms with Gasteiger partial charge in [0, 0.05) is 36.9 Å². The van der Waals surface area contributed by atoms with E-state index in [0.29, 0.717) is 35.1 Å². The molecule has 4 aromatic rings. The third kappa shape index (κ3) is 5.23. The largest absolute Gasteiger partial charge is 0.378 e. The van der Waals surface area contributed by atoms with Crippen LogP contribution in [0.3, 0.4) is 0 Å². The predicted molar refractivity (Wildman–Crippen MR) is 124 cm³/mol. The van der Waals surface area contributed by atoms with Crippen molar-refractivity contribution in [1.29, 1.82) is 0 Å². The van der Waals surface area contributed by atoms with Gasteiger partial charge in [-0.1, -0.05) is 6.07 Å². The summed E-state index contributed by atoms with van der Waals surface area (Å²) in [6, 6.07) is 11.7. The first kappa shape index (κ1) is 23.0. The Labute approximate surface area is 196 Å². The van der Waals surface area contributed by atoms with E-state index in [1.807, 2.05) is 17.7 Å². The number of carbonyl (C=O) groups is 1. The molecule has 0 spiro atoms. The van der Waals surface area contributed by atoms with Gasteiger partial charge >= 0.3 is 0 Å². The minimum absolute atomic E-state index is 0.00943. The van der Waals surface area contributed by atoms with Crippen LogP contribution >= 0.6 is 0 Å². The van der Waals surface area contributed by atoms with Crippen molar-refractivity contribution < 1.29 is 13.2 Å². The van der Waals surface area contributed by atoms with Crippen LogP contribution in [0.25, 0.3) is 11.5 Å². The Hall–Kier alpha value is -4.19. The summed E-state index contributed by atoms with van der Waals surface area (Å²) in [7, 11) is -1.60. The van der Waals surface area contributed by atoms with E-state index in [4.69, 9.17) is 0 Å². The van der Waals surface area contributed by atoms with Crippen LogP contribution < -0.4 is 10.6 Å². The minimum Gasteiger partial charge on any atom is -0.378 e. The van der Waals surface area contributed by atoms with Crippen molar-refractivity contribution in [2.45, 2.75) is 18.0 Å². The molecule has 3 heterocycles. The van der Waals surface area contributed by atoms with Crippen molar-refractivity contribution in [1.82, 2.24) is 35.0 Å². The molecule has 34 heavy (non-hydrogen) atoms. The SMILES string of the molecule is Cn1c(CNc2cccc(C(=O)NCc3ncccc3S(C)(=O)=O)c2)nnc1-c1ccncn1. The number of anilines is 1. The number of aromatic nitrogens is 6. The molecule has 0 saturated heterocycles. The number of pyridine rings is 1. The van der Waals surface area contributed by atoms with Gasteiger partial charge in [-0.3, -0.25) is 9.78 Å². The number of sulfone groups is 1. The number of hydrogen-bond acceptors (Lipinski definition) is 9. The van der Waals surface area contributed by atoms with E-state index >= 15 is 0 Å². The molecule has 0 atom stereocenters. The Kier molecular flexibility index (Phi) is 6.59. The Morgan fingerprint density at radius 2 is 1.88 bits per heavy atom. The fourth-order valence-corrected chi connectivity index (χ4v) is 4.15. The summed E-state index contributed by atoms with van der Waals surface area (Å²) in [5, 5.41) is 14.4. The summed E-state index contributed by atoms with van der Waals surface area (Å²) in [5.41, 5.74) is 2.09. The summed E-state index contributed by atoms with van der Waals surface area (Å²) in [5.74, 6) is 0.959. The van der Waals surface area contributed by atoms with E-state index in [1.165, 1.54) is 18.6 Å². The maximum absolute atomic E-state index is 12.7. The van der Waals surface area contributed by atoms with E-state index < -0.39 is 9.84 Å². The van der Waals surface area contributed by atoms with Crippen molar-refractivity contribution >= 4 is 21.4 Å². The van der Waals surface area contributed by atoms with E-state index in [-0.39, 0.29) is 23.0 Å². The molecule has 12 heteroatoms. The van der Waals surface area contributed by atoms with Gasteiger partial charge in [-0.25, -0.2) is 18.4 Å². The molecule has 0 radical (unpaired) electrons. The third-order valence-electron chi connectivity index (χ3n) is 5.02. The van der Waals surface area contributed by atoms with Crippen LogP contribution in [0.4, 0.5) is 5.69 Å². The normalized spacial score (nSPS) is 11.2. The molecular formula is C22H22N8O3S. The van der Waals surface area contributed by atoms with Crippen molar-refractivity contribution in [3.63, 3.8) is 0 Å². The van der Waals surface area contributed by atoms with Gasteiger partial charge in [0.1, 0.15) is 12.0 Å². The zero-order chi connectivity index (χ0) is 24.1. The van der Waals surface area contributed by atoms with Crippen LogP contribution in [0, 0.1) is 0 Å². The zero-order valence-corrected chi connectivity index (χ0v) is 19.3. The molecular weight excluding hydrogens is 456 g/mol. The number of carbonyl (C=O) groups excluding carboxylic acids is 1. The van der Waals surface area contributed by atoms with Gasteiger partial charge in [0.2, 0.25) is 0 Å². The lowest BCUT2D eigenvalue weighted by atomic mass is 10.2. The number of amides is 1. The Morgan fingerprint density at radius 1 is 1.03 bits per heavy atom. The fourth-order valence-electron chi connectivity index (χ4n) is 3.27. The smallest absolute Gasteiger partial charge is 0.251 e. The summed E-state index contributed by atoms with van der Waals surface area (Å²) in [4.78, 5) is 25.0. The molecule has 4 rings (SSSR count). The van der Waals surface area contributed by atoms with Gasteiger partial charge in [0.15, 0.2) is 21.5 Å². The lowest BCUT2D eigenvalue weighted by molar-refractivity contribution is 0.0950. The molecule has 11 nitrogen and oxygen atoms in total. The van der Waals surface area contributed by atoms with Gasteiger partial charge < -0.3 is 15.2 Å². The lowest BCUT2D eigenvalue weighted by Crippen LogP contribution is -2.24. The molecule has 1 aromatic carbocycles. The van der Waals surface area contributed by atoms with Gasteiger partial charge in [-0.15, -0.1) is 10.2 Å². The first-order chi connectivity index (χ1) is 16.3. The average molecular weight is 479 g/mol. The Bertz CT molecular complexity index is 1420. The highest BCUT2D eigenvalue weighted by Gasteiger charge is 2.15. The highest BCUT2D eigenvalue weighted by molar-refractivity contribution is 7.90. The second-order valence-corrected chi connectivity index (χ2v) is 9.42. The first-order valence-electron chi connectivity index (χ1n) is 10.2. The second-order valence-electron chi connectivity index (χ2n) is 7.43. The summed E-state index contributed by atoms with van der Waals surface area (Å²) >= 11 is 0. The second kappa shape index (κ2) is 9.75. The Morgan fingerprint density at radius 3 is 2.65 bits per heavy atom. The van der Waals surface area contributed by atoms with Gasteiger partial charge in [-0.2, -0.15) is 0 Å². The molecule has 0 saturated carbocycles. The topological polar surface area (TPSA) is 145 Å². The molecule has 174 valence electrons. The van der Waals surface area contributed by atoms with Gasteiger partial charge in [-0.05, 0) is 36.4 Å². The molecule has 0 fully saturated rings. The van der Waals surface area contributed by atoms with Crippen LogP contribution in [0.15, 0.2) is 66.1 Å². The number of benzene rings is 1. The molecule has 2 N–H and O–H groups in total. The van der Waals surface area contributed by atoms with Gasteiger partial charge in [0.25, 0.3) is 5.91 Å². The van der Waals surface area contributed by atoms with Crippen molar-refractivity contribution in [3.05, 3.63) is 78.3 Å². The van der Waals surface area contributed by atoms with Crippen LogP contribution in [-0.4, -0.2) is 50.3 Å². The average Bonchev–Trinajstić information content (AvgIpc) is 3.21. The maximum Gasteiger partial charge on any atom is 0.251 e. The standard InChI is InChI=1S/C22H22N8O3S/c1-30-20(28-29-21(30)17-8-10-23-14-27-17)13-25-16-6-3-5-15(11-16)22(31)26-12-18-19(34(2,32)33)7-4-9-24-18/h3-11,14,25H,12-13H2,1-2H3,(H,26,31). The molecule has 0 unspecified atom stereocenters. The number of nitrogens with zero attached hydrogens (tertiary/aromatic N) is 6. The first-order valence-corrected chi connectivity index (χ1v) is 12.1.